The van der Waals surface area contributed by atoms with Crippen LogP contribution in [0.1, 0.15) is 22.4 Å². The molecule has 0 spiro atoms. The van der Waals surface area contributed by atoms with Crippen LogP contribution in [0.25, 0.3) is 5.65 Å². The Morgan fingerprint density at radius 2 is 1.81 bits per heavy atom. The molecule has 0 bridgehead atoms. The lowest BCUT2D eigenvalue weighted by molar-refractivity contribution is -0.117. The van der Waals surface area contributed by atoms with Crippen LogP contribution in [0.2, 0.25) is 0 Å². The maximum Gasteiger partial charge on any atom is 0.353 e. The van der Waals surface area contributed by atoms with Crippen molar-refractivity contribution in [3.05, 3.63) is 87.5 Å². The van der Waals surface area contributed by atoms with Crippen LogP contribution in [0.3, 0.4) is 0 Å². The Kier molecular flexibility index (Phi) is 4.97. The number of nitrogens with zero attached hydrogens (tertiary/aromatic N) is 5. The van der Waals surface area contributed by atoms with Crippen LogP contribution in [0.15, 0.2) is 59.4 Å². The number of carbonyl (C=O) groups is 1. The fourth-order valence-electron chi connectivity index (χ4n) is 4.15. The molecule has 1 N–H and O–H groups in total. The van der Waals surface area contributed by atoms with Gasteiger partial charge in [0.1, 0.15) is 6.54 Å². The number of anilines is 2. The van der Waals surface area contributed by atoms with Gasteiger partial charge in [-0.25, -0.2) is 18.9 Å². The summed E-state index contributed by atoms with van der Waals surface area (Å²) < 4.78 is 2.70. The first-order valence-electron chi connectivity index (χ1n) is 10.6. The van der Waals surface area contributed by atoms with Gasteiger partial charge < -0.3 is 10.2 Å². The van der Waals surface area contributed by atoms with Crippen molar-refractivity contribution >= 4 is 23.2 Å². The molecule has 1 amide bonds. The number of rotatable bonds is 4. The summed E-state index contributed by atoms with van der Waals surface area (Å²) in [5.74, 6) is 0.257. The zero-order valence-electron chi connectivity index (χ0n) is 18.1. The van der Waals surface area contributed by atoms with Crippen LogP contribution < -0.4 is 15.9 Å². The van der Waals surface area contributed by atoms with Crippen molar-refractivity contribution < 1.29 is 4.79 Å². The SMILES string of the molecule is Cc1cc2nn(CC(=O)Nc3ccccc3C)c(=O)n2c(N2CCc3ccccc3C2)n1. The predicted molar refractivity (Wildman–Crippen MR) is 123 cm³/mol. The number of carbonyl (C=O) groups excluding carboxylic acids is 1. The van der Waals surface area contributed by atoms with Crippen molar-refractivity contribution in [1.29, 1.82) is 0 Å². The second-order valence-corrected chi connectivity index (χ2v) is 8.13. The van der Waals surface area contributed by atoms with Crippen LogP contribution >= 0.6 is 0 Å². The van der Waals surface area contributed by atoms with Gasteiger partial charge in [-0.05, 0) is 43.0 Å². The van der Waals surface area contributed by atoms with Crippen molar-refractivity contribution in [3.63, 3.8) is 0 Å². The van der Waals surface area contributed by atoms with Gasteiger partial charge in [-0.15, -0.1) is 5.10 Å². The van der Waals surface area contributed by atoms with Crippen LogP contribution in [0.4, 0.5) is 11.6 Å². The second-order valence-electron chi connectivity index (χ2n) is 8.13. The Balaban J connectivity index is 1.47. The van der Waals surface area contributed by atoms with Crippen molar-refractivity contribution in [3.8, 4) is 0 Å². The van der Waals surface area contributed by atoms with Gasteiger partial charge in [0.05, 0.1) is 0 Å². The van der Waals surface area contributed by atoms with E-state index in [0.717, 1.165) is 29.9 Å². The second kappa shape index (κ2) is 7.96. The van der Waals surface area contributed by atoms with Crippen LogP contribution in [-0.2, 0) is 24.3 Å². The van der Waals surface area contributed by atoms with Gasteiger partial charge in [0.2, 0.25) is 11.9 Å². The first-order chi connectivity index (χ1) is 15.5. The average Bonchev–Trinajstić information content (AvgIpc) is 3.09. The third-order valence-corrected chi connectivity index (χ3v) is 5.80. The Labute approximate surface area is 185 Å². The molecule has 2 aromatic carbocycles. The minimum atomic E-state index is -0.374. The summed E-state index contributed by atoms with van der Waals surface area (Å²) in [7, 11) is 0. The van der Waals surface area contributed by atoms with Crippen LogP contribution in [0.5, 0.6) is 0 Å². The summed E-state index contributed by atoms with van der Waals surface area (Å²) in [6, 6.07) is 17.6. The summed E-state index contributed by atoms with van der Waals surface area (Å²) in [6.45, 7) is 5.07. The number of hydrogen-bond acceptors (Lipinski definition) is 5. The van der Waals surface area contributed by atoms with Crippen molar-refractivity contribution in [2.24, 2.45) is 0 Å². The predicted octanol–water partition coefficient (Wildman–Crippen LogP) is 2.71. The van der Waals surface area contributed by atoms with Gasteiger partial charge in [0, 0.05) is 30.5 Å². The van der Waals surface area contributed by atoms with Crippen molar-refractivity contribution in [1.82, 2.24) is 19.2 Å². The van der Waals surface area contributed by atoms with E-state index in [1.165, 1.54) is 20.2 Å². The zero-order valence-corrected chi connectivity index (χ0v) is 18.1. The van der Waals surface area contributed by atoms with E-state index in [4.69, 9.17) is 0 Å². The summed E-state index contributed by atoms with van der Waals surface area (Å²) in [5.41, 5.74) is 5.11. The molecule has 0 aliphatic carbocycles. The number of aromatic nitrogens is 4. The molecule has 3 heterocycles. The largest absolute Gasteiger partial charge is 0.353 e. The number of benzene rings is 2. The molecule has 32 heavy (non-hydrogen) atoms. The highest BCUT2D eigenvalue weighted by Gasteiger charge is 2.22. The molecule has 8 nitrogen and oxygen atoms in total. The third-order valence-electron chi connectivity index (χ3n) is 5.80. The number of para-hydroxylation sites is 1. The van der Waals surface area contributed by atoms with Crippen LogP contribution in [-0.4, -0.2) is 31.6 Å². The van der Waals surface area contributed by atoms with Gasteiger partial charge in [0.25, 0.3) is 0 Å². The van der Waals surface area contributed by atoms with E-state index in [1.54, 1.807) is 6.07 Å². The molecular formula is C24H24N6O2. The molecule has 4 aromatic rings. The maximum absolute atomic E-state index is 13.2. The number of aryl methyl sites for hydroxylation is 2. The Hall–Kier alpha value is -3.94. The molecule has 0 radical (unpaired) electrons. The standard InChI is InChI=1S/C24H24N6O2/c1-16-7-3-6-10-20(16)26-22(31)15-29-24(32)30-21(27-29)13-17(2)25-23(30)28-12-11-18-8-4-5-9-19(18)14-28/h3-10,13H,11-12,14-15H2,1-2H3,(H,26,31). The highest BCUT2D eigenvalue weighted by atomic mass is 16.2. The van der Waals surface area contributed by atoms with Crippen molar-refractivity contribution in [2.75, 3.05) is 16.8 Å². The first kappa shape index (κ1) is 20.0. The maximum atomic E-state index is 13.2. The molecule has 1 aliphatic rings. The minimum absolute atomic E-state index is 0.170. The molecule has 0 atom stereocenters. The van der Waals surface area contributed by atoms with E-state index in [-0.39, 0.29) is 18.1 Å². The average molecular weight is 428 g/mol. The molecule has 162 valence electrons. The van der Waals surface area contributed by atoms with E-state index >= 15 is 0 Å². The number of fused-ring (bicyclic) bond motifs is 2. The quantitative estimate of drug-likeness (QED) is 0.540. The molecule has 5 rings (SSSR count). The minimum Gasteiger partial charge on any atom is -0.337 e. The number of amides is 1. The molecule has 1 aliphatic heterocycles. The summed E-state index contributed by atoms with van der Waals surface area (Å²) in [4.78, 5) is 32.6. The molecular weight excluding hydrogens is 404 g/mol. The van der Waals surface area contributed by atoms with Gasteiger partial charge in [0.15, 0.2) is 5.65 Å². The fourth-order valence-corrected chi connectivity index (χ4v) is 4.15. The molecule has 0 unspecified atom stereocenters. The van der Waals surface area contributed by atoms with Gasteiger partial charge in [-0.1, -0.05) is 42.5 Å². The third kappa shape index (κ3) is 3.64. The molecule has 2 aromatic heterocycles. The highest BCUT2D eigenvalue weighted by molar-refractivity contribution is 5.91. The Bertz CT molecular complexity index is 1390. The van der Waals surface area contributed by atoms with E-state index < -0.39 is 0 Å². The summed E-state index contributed by atoms with van der Waals surface area (Å²) >= 11 is 0. The Morgan fingerprint density at radius 3 is 2.62 bits per heavy atom. The number of nitrogens with one attached hydrogen (secondary N) is 1. The van der Waals surface area contributed by atoms with Gasteiger partial charge >= 0.3 is 5.69 Å². The lowest BCUT2D eigenvalue weighted by atomic mass is 10.0. The van der Waals surface area contributed by atoms with E-state index in [0.29, 0.717) is 18.1 Å². The number of hydrogen-bond donors (Lipinski definition) is 1. The van der Waals surface area contributed by atoms with Gasteiger partial charge in [-0.2, -0.15) is 0 Å². The zero-order chi connectivity index (χ0) is 22.2. The topological polar surface area (TPSA) is 84.5 Å². The molecule has 0 saturated heterocycles. The fraction of sp³-hybridized carbons (Fsp3) is 0.250. The molecule has 8 heteroatoms. The van der Waals surface area contributed by atoms with Crippen LogP contribution in [0, 0.1) is 13.8 Å². The first-order valence-corrected chi connectivity index (χ1v) is 10.6. The van der Waals surface area contributed by atoms with E-state index in [2.05, 4.69) is 32.4 Å². The van der Waals surface area contributed by atoms with E-state index in [1.807, 2.05) is 50.2 Å². The molecule has 0 fully saturated rings. The van der Waals surface area contributed by atoms with Crippen molar-refractivity contribution in [2.45, 2.75) is 33.4 Å². The smallest absolute Gasteiger partial charge is 0.337 e. The molecule has 0 saturated carbocycles. The lowest BCUT2D eigenvalue weighted by Gasteiger charge is -2.29. The normalized spacial score (nSPS) is 13.2. The monoisotopic (exact) mass is 428 g/mol. The Morgan fingerprint density at radius 1 is 1.06 bits per heavy atom. The van der Waals surface area contributed by atoms with E-state index in [9.17, 15) is 9.59 Å². The lowest BCUT2D eigenvalue weighted by Crippen LogP contribution is -2.35. The highest BCUT2D eigenvalue weighted by Crippen LogP contribution is 2.23. The summed E-state index contributed by atoms with van der Waals surface area (Å²) in [5, 5.41) is 7.27. The van der Waals surface area contributed by atoms with Gasteiger partial charge in [-0.3, -0.25) is 4.79 Å². The summed E-state index contributed by atoms with van der Waals surface area (Å²) in [6.07, 6.45) is 0.884.